The standard InChI is InChI=1S/C18H18F3N5O2/c1-28-13-6-2-5-12(11-13)24-17(27)23-9-4-10-26-15-14(7-3-8-22-15)25-16(26)18(19,20)21/h2-3,5-8,11H,4,9-10H2,1H3,(H2,23,24,27). The second-order valence-corrected chi connectivity index (χ2v) is 5.90. The number of urea groups is 1. The van der Waals surface area contributed by atoms with E-state index in [2.05, 4.69) is 20.6 Å². The van der Waals surface area contributed by atoms with Gasteiger partial charge in [0, 0.05) is 31.0 Å². The minimum Gasteiger partial charge on any atom is -0.497 e. The van der Waals surface area contributed by atoms with E-state index in [4.69, 9.17) is 4.74 Å². The van der Waals surface area contributed by atoms with Gasteiger partial charge in [0.15, 0.2) is 5.65 Å². The molecule has 2 N–H and O–H groups in total. The van der Waals surface area contributed by atoms with Crippen molar-refractivity contribution < 1.29 is 22.7 Å². The number of fused-ring (bicyclic) bond motifs is 1. The molecule has 0 saturated carbocycles. The first kappa shape index (κ1) is 19.5. The van der Waals surface area contributed by atoms with Crippen molar-refractivity contribution in [2.24, 2.45) is 0 Å². The minimum absolute atomic E-state index is 0.0157. The van der Waals surface area contributed by atoms with Gasteiger partial charge in [-0.05, 0) is 30.7 Å². The van der Waals surface area contributed by atoms with E-state index in [9.17, 15) is 18.0 Å². The van der Waals surface area contributed by atoms with Crippen LogP contribution in [0.2, 0.25) is 0 Å². The maximum Gasteiger partial charge on any atom is 0.449 e. The van der Waals surface area contributed by atoms with Crippen LogP contribution in [0.1, 0.15) is 12.2 Å². The lowest BCUT2D eigenvalue weighted by Crippen LogP contribution is -2.30. The predicted molar refractivity (Wildman–Crippen MR) is 97.2 cm³/mol. The van der Waals surface area contributed by atoms with E-state index in [1.54, 1.807) is 24.3 Å². The first-order valence-corrected chi connectivity index (χ1v) is 8.46. The van der Waals surface area contributed by atoms with Gasteiger partial charge in [-0.25, -0.2) is 14.8 Å². The number of pyridine rings is 1. The molecule has 28 heavy (non-hydrogen) atoms. The average molecular weight is 393 g/mol. The SMILES string of the molecule is COc1cccc(NC(=O)NCCCn2c(C(F)(F)F)nc3cccnc32)c1. The van der Waals surface area contributed by atoms with Gasteiger partial charge in [-0.1, -0.05) is 6.07 Å². The van der Waals surface area contributed by atoms with Crippen molar-refractivity contribution in [2.45, 2.75) is 19.1 Å². The summed E-state index contributed by atoms with van der Waals surface area (Å²) in [5.74, 6) is -0.404. The number of nitrogens with zero attached hydrogens (tertiary/aromatic N) is 3. The summed E-state index contributed by atoms with van der Waals surface area (Å²) in [5, 5.41) is 5.25. The molecule has 2 amide bonds. The number of anilines is 1. The highest BCUT2D eigenvalue weighted by Crippen LogP contribution is 2.30. The third kappa shape index (κ3) is 4.51. The molecule has 0 aliphatic heterocycles. The molecule has 0 aliphatic carbocycles. The summed E-state index contributed by atoms with van der Waals surface area (Å²) < 4.78 is 45.8. The van der Waals surface area contributed by atoms with Crippen LogP contribution in [0.3, 0.4) is 0 Å². The van der Waals surface area contributed by atoms with Gasteiger partial charge in [-0.15, -0.1) is 0 Å². The quantitative estimate of drug-likeness (QED) is 0.626. The zero-order chi connectivity index (χ0) is 20.1. The van der Waals surface area contributed by atoms with Gasteiger partial charge in [0.2, 0.25) is 5.82 Å². The van der Waals surface area contributed by atoms with E-state index in [0.29, 0.717) is 11.4 Å². The highest BCUT2D eigenvalue weighted by molar-refractivity contribution is 5.89. The molecule has 0 unspecified atom stereocenters. The molecular weight excluding hydrogens is 375 g/mol. The number of nitrogens with one attached hydrogen (secondary N) is 2. The van der Waals surface area contributed by atoms with Crippen LogP contribution in [-0.4, -0.2) is 34.2 Å². The Labute approximate surface area is 158 Å². The van der Waals surface area contributed by atoms with Gasteiger partial charge in [0.1, 0.15) is 11.3 Å². The predicted octanol–water partition coefficient (Wildman–Crippen LogP) is 3.67. The fourth-order valence-corrected chi connectivity index (χ4v) is 2.70. The molecule has 3 rings (SSSR count). The number of rotatable bonds is 6. The molecule has 7 nitrogen and oxygen atoms in total. The van der Waals surface area contributed by atoms with Gasteiger partial charge in [0.05, 0.1) is 7.11 Å². The molecule has 2 aromatic heterocycles. The van der Waals surface area contributed by atoms with Crippen LogP contribution >= 0.6 is 0 Å². The summed E-state index contributed by atoms with van der Waals surface area (Å²) in [4.78, 5) is 19.6. The van der Waals surface area contributed by atoms with Crippen LogP contribution in [0, 0.1) is 0 Å². The summed E-state index contributed by atoms with van der Waals surface area (Å²) >= 11 is 0. The Morgan fingerprint density at radius 3 is 2.82 bits per heavy atom. The largest absolute Gasteiger partial charge is 0.497 e. The molecule has 0 aliphatic rings. The maximum atomic E-state index is 13.2. The number of methoxy groups -OCH3 is 1. The molecule has 3 aromatic rings. The van der Waals surface area contributed by atoms with Gasteiger partial charge < -0.3 is 19.9 Å². The number of hydrogen-bond donors (Lipinski definition) is 2. The molecule has 0 radical (unpaired) electrons. The van der Waals surface area contributed by atoms with Crippen LogP contribution < -0.4 is 15.4 Å². The van der Waals surface area contributed by atoms with Crippen LogP contribution in [0.4, 0.5) is 23.7 Å². The van der Waals surface area contributed by atoms with Crippen molar-refractivity contribution in [3.05, 3.63) is 48.4 Å². The highest BCUT2D eigenvalue weighted by atomic mass is 19.4. The van der Waals surface area contributed by atoms with Crippen LogP contribution in [-0.2, 0) is 12.7 Å². The molecule has 10 heteroatoms. The van der Waals surface area contributed by atoms with E-state index in [0.717, 1.165) is 4.57 Å². The molecule has 0 saturated heterocycles. The van der Waals surface area contributed by atoms with Gasteiger partial charge in [-0.3, -0.25) is 0 Å². The van der Waals surface area contributed by atoms with Gasteiger partial charge in [0.25, 0.3) is 0 Å². The molecule has 1 aromatic carbocycles. The van der Waals surface area contributed by atoms with Crippen molar-refractivity contribution in [3.63, 3.8) is 0 Å². The number of amides is 2. The van der Waals surface area contributed by atoms with Crippen molar-refractivity contribution in [3.8, 4) is 5.75 Å². The van der Waals surface area contributed by atoms with Crippen LogP contribution in [0.5, 0.6) is 5.75 Å². The minimum atomic E-state index is -4.59. The zero-order valence-corrected chi connectivity index (χ0v) is 15.0. The second-order valence-electron chi connectivity index (χ2n) is 5.90. The van der Waals surface area contributed by atoms with Gasteiger partial charge in [-0.2, -0.15) is 13.2 Å². The van der Waals surface area contributed by atoms with E-state index < -0.39 is 18.0 Å². The van der Waals surface area contributed by atoms with Crippen LogP contribution in [0.15, 0.2) is 42.6 Å². The molecular formula is C18H18F3N5O2. The van der Waals surface area contributed by atoms with Gasteiger partial charge >= 0.3 is 12.2 Å². The van der Waals surface area contributed by atoms with E-state index in [-0.39, 0.29) is 30.7 Å². The fraction of sp³-hybridized carbons (Fsp3) is 0.278. The third-order valence-electron chi connectivity index (χ3n) is 3.93. The van der Waals surface area contributed by atoms with E-state index in [1.165, 1.54) is 25.4 Å². The number of aryl methyl sites for hydroxylation is 1. The Bertz CT molecular complexity index is 971. The molecule has 0 fully saturated rings. The summed E-state index contributed by atoms with van der Waals surface area (Å²) in [6.07, 6.45) is -2.89. The number of alkyl halides is 3. The Kier molecular flexibility index (Phi) is 5.67. The van der Waals surface area contributed by atoms with Crippen molar-refractivity contribution >= 4 is 22.9 Å². The monoisotopic (exact) mass is 393 g/mol. The van der Waals surface area contributed by atoms with Crippen molar-refractivity contribution in [2.75, 3.05) is 19.0 Å². The zero-order valence-electron chi connectivity index (χ0n) is 15.0. The summed E-state index contributed by atoms with van der Waals surface area (Å²) in [5.41, 5.74) is 0.884. The topological polar surface area (TPSA) is 81.1 Å². The number of benzene rings is 1. The number of imidazole rings is 1. The lowest BCUT2D eigenvalue weighted by molar-refractivity contribution is -0.147. The first-order valence-electron chi connectivity index (χ1n) is 8.46. The lowest BCUT2D eigenvalue weighted by Gasteiger charge is -2.12. The molecule has 148 valence electrons. The number of carbonyl (C=O) groups excluding carboxylic acids is 1. The second kappa shape index (κ2) is 8.15. The number of carbonyl (C=O) groups is 1. The summed E-state index contributed by atoms with van der Waals surface area (Å²) in [6, 6.07) is 9.37. The Morgan fingerprint density at radius 1 is 1.25 bits per heavy atom. The lowest BCUT2D eigenvalue weighted by atomic mass is 10.3. The number of ether oxygens (including phenoxy) is 1. The molecule has 0 spiro atoms. The maximum absolute atomic E-state index is 13.2. The Hall–Kier alpha value is -3.30. The fourth-order valence-electron chi connectivity index (χ4n) is 2.70. The smallest absolute Gasteiger partial charge is 0.449 e. The molecule has 0 bridgehead atoms. The normalized spacial score (nSPS) is 11.4. The highest BCUT2D eigenvalue weighted by Gasteiger charge is 2.37. The Morgan fingerprint density at radius 2 is 2.07 bits per heavy atom. The first-order chi connectivity index (χ1) is 13.4. The summed E-state index contributed by atoms with van der Waals surface area (Å²) in [7, 11) is 1.52. The van der Waals surface area contributed by atoms with E-state index in [1.807, 2.05) is 0 Å². The molecule has 0 atom stereocenters. The van der Waals surface area contributed by atoms with Crippen LogP contribution in [0.25, 0.3) is 11.2 Å². The average Bonchev–Trinajstić information content (AvgIpc) is 3.04. The Balaban J connectivity index is 1.58. The molecule has 2 heterocycles. The third-order valence-corrected chi connectivity index (χ3v) is 3.93. The summed E-state index contributed by atoms with van der Waals surface area (Å²) in [6.45, 7) is 0.196. The van der Waals surface area contributed by atoms with Crippen molar-refractivity contribution in [1.29, 1.82) is 0 Å². The number of hydrogen-bond acceptors (Lipinski definition) is 4. The van der Waals surface area contributed by atoms with Crippen molar-refractivity contribution in [1.82, 2.24) is 19.9 Å². The number of aromatic nitrogens is 3. The van der Waals surface area contributed by atoms with E-state index >= 15 is 0 Å². The number of halogens is 3.